The van der Waals surface area contributed by atoms with Gasteiger partial charge in [-0.25, -0.2) is 4.98 Å². The van der Waals surface area contributed by atoms with Gasteiger partial charge in [-0.05, 0) is 6.07 Å². The van der Waals surface area contributed by atoms with Crippen molar-refractivity contribution in [2.75, 3.05) is 5.33 Å². The topological polar surface area (TPSA) is 12.9 Å². The average Bonchev–Trinajstić information content (AvgIpc) is 2.07. The Hall–Kier alpha value is -0.0500. The quantitative estimate of drug-likeness (QED) is 0.586. The molecule has 0 radical (unpaired) electrons. The molecule has 0 N–H and O–H groups in total. The minimum Gasteiger partial charge on any atom is -0.242 e. The van der Waals surface area contributed by atoms with Gasteiger partial charge in [0.05, 0.1) is 5.02 Å². The number of halogens is 3. The van der Waals surface area contributed by atoms with Crippen LogP contribution in [-0.4, -0.2) is 10.3 Å². The molecule has 0 spiro atoms. The fraction of sp³-hybridized carbons (Fsp3) is 0.125. The van der Waals surface area contributed by atoms with Crippen molar-refractivity contribution in [2.24, 2.45) is 0 Å². The van der Waals surface area contributed by atoms with Gasteiger partial charge in [0.25, 0.3) is 0 Å². The lowest BCUT2D eigenvalue weighted by atomic mass is 10.3. The van der Waals surface area contributed by atoms with E-state index < -0.39 is 0 Å². The van der Waals surface area contributed by atoms with Crippen molar-refractivity contribution in [3.63, 3.8) is 0 Å². The van der Waals surface area contributed by atoms with Crippen molar-refractivity contribution >= 4 is 45.2 Å². The zero-order valence-electron chi connectivity index (χ0n) is 6.10. The van der Waals surface area contributed by atoms with Crippen LogP contribution in [0.15, 0.2) is 18.3 Å². The number of pyridine rings is 1. The third kappa shape index (κ3) is 2.77. The SMILES string of the molecule is Clc1cnc(Cl)c(C=CCBr)c1. The lowest BCUT2D eigenvalue weighted by molar-refractivity contribution is 1.32. The Kier molecular flexibility index (Phi) is 4.06. The molecule has 1 nitrogen and oxygen atoms in total. The second-order valence-electron chi connectivity index (χ2n) is 2.09. The van der Waals surface area contributed by atoms with Gasteiger partial charge in [-0.2, -0.15) is 0 Å². The number of aromatic nitrogens is 1. The van der Waals surface area contributed by atoms with Gasteiger partial charge >= 0.3 is 0 Å². The largest absolute Gasteiger partial charge is 0.242 e. The summed E-state index contributed by atoms with van der Waals surface area (Å²) in [6.45, 7) is 0. The number of hydrogen-bond acceptors (Lipinski definition) is 1. The van der Waals surface area contributed by atoms with E-state index in [4.69, 9.17) is 23.2 Å². The lowest BCUT2D eigenvalue weighted by Crippen LogP contribution is -1.80. The Morgan fingerprint density at radius 1 is 1.50 bits per heavy atom. The van der Waals surface area contributed by atoms with E-state index in [-0.39, 0.29) is 0 Å². The maximum atomic E-state index is 5.80. The summed E-state index contributed by atoms with van der Waals surface area (Å²) in [5, 5.41) is 1.85. The highest BCUT2D eigenvalue weighted by Crippen LogP contribution is 2.18. The molecule has 0 aromatic carbocycles. The second-order valence-corrected chi connectivity index (χ2v) is 3.53. The molecule has 1 aromatic heterocycles. The summed E-state index contributed by atoms with van der Waals surface area (Å²) in [7, 11) is 0. The van der Waals surface area contributed by atoms with Crippen molar-refractivity contribution in [1.29, 1.82) is 0 Å². The van der Waals surface area contributed by atoms with Crippen molar-refractivity contribution in [3.8, 4) is 0 Å². The molecule has 1 heterocycles. The van der Waals surface area contributed by atoms with Crippen LogP contribution in [0.25, 0.3) is 6.08 Å². The Morgan fingerprint density at radius 2 is 2.25 bits per heavy atom. The van der Waals surface area contributed by atoms with Gasteiger partial charge in [0.2, 0.25) is 0 Å². The molecule has 0 aliphatic rings. The van der Waals surface area contributed by atoms with Gasteiger partial charge in [0, 0.05) is 17.1 Å². The first-order valence-corrected chi connectivity index (χ1v) is 5.15. The summed E-state index contributed by atoms with van der Waals surface area (Å²) in [4.78, 5) is 3.90. The summed E-state index contributed by atoms with van der Waals surface area (Å²) in [6, 6.07) is 1.77. The van der Waals surface area contributed by atoms with Crippen molar-refractivity contribution < 1.29 is 0 Å². The first-order chi connectivity index (χ1) is 5.74. The van der Waals surface area contributed by atoms with Crippen LogP contribution < -0.4 is 0 Å². The smallest absolute Gasteiger partial charge is 0.136 e. The van der Waals surface area contributed by atoms with Crippen LogP contribution in [0.1, 0.15) is 5.56 Å². The monoisotopic (exact) mass is 265 g/mol. The van der Waals surface area contributed by atoms with Crippen molar-refractivity contribution in [2.45, 2.75) is 0 Å². The Morgan fingerprint density at radius 3 is 2.92 bits per heavy atom. The summed E-state index contributed by atoms with van der Waals surface area (Å²) in [5.41, 5.74) is 0.837. The van der Waals surface area contributed by atoms with E-state index in [1.807, 2.05) is 12.2 Å². The highest BCUT2D eigenvalue weighted by Gasteiger charge is 1.97. The predicted molar refractivity (Wildman–Crippen MR) is 57.1 cm³/mol. The Labute approximate surface area is 89.5 Å². The second kappa shape index (κ2) is 4.85. The molecule has 0 fully saturated rings. The molecule has 0 unspecified atom stereocenters. The maximum Gasteiger partial charge on any atom is 0.136 e. The molecule has 0 aliphatic heterocycles. The molecule has 0 atom stereocenters. The number of hydrogen-bond donors (Lipinski definition) is 0. The Balaban J connectivity index is 2.97. The van der Waals surface area contributed by atoms with Gasteiger partial charge in [0.1, 0.15) is 5.15 Å². The van der Waals surface area contributed by atoms with Gasteiger partial charge in [0.15, 0.2) is 0 Å². The number of nitrogens with zero attached hydrogens (tertiary/aromatic N) is 1. The molecular formula is C8H6BrCl2N. The third-order valence-corrected chi connectivity index (χ3v) is 2.12. The minimum atomic E-state index is 0.469. The van der Waals surface area contributed by atoms with E-state index in [2.05, 4.69) is 20.9 Å². The average molecular weight is 267 g/mol. The molecule has 4 heteroatoms. The molecule has 0 saturated heterocycles. The van der Waals surface area contributed by atoms with Crippen LogP contribution in [0, 0.1) is 0 Å². The highest BCUT2D eigenvalue weighted by atomic mass is 79.9. The molecule has 0 amide bonds. The third-order valence-electron chi connectivity index (χ3n) is 1.22. The molecular weight excluding hydrogens is 261 g/mol. The van der Waals surface area contributed by atoms with Gasteiger partial charge in [-0.1, -0.05) is 51.3 Å². The maximum absolute atomic E-state index is 5.80. The molecule has 12 heavy (non-hydrogen) atoms. The normalized spacial score (nSPS) is 10.9. The fourth-order valence-corrected chi connectivity index (χ4v) is 1.25. The fourth-order valence-electron chi connectivity index (χ4n) is 0.727. The molecule has 0 bridgehead atoms. The zero-order chi connectivity index (χ0) is 8.97. The Bertz CT molecular complexity index is 299. The van der Waals surface area contributed by atoms with Crippen molar-refractivity contribution in [1.82, 2.24) is 4.98 Å². The van der Waals surface area contributed by atoms with Crippen LogP contribution in [0.3, 0.4) is 0 Å². The van der Waals surface area contributed by atoms with Gasteiger partial charge in [-0.15, -0.1) is 0 Å². The van der Waals surface area contributed by atoms with E-state index in [0.29, 0.717) is 10.2 Å². The summed E-state index contributed by atoms with van der Waals surface area (Å²) >= 11 is 14.8. The molecule has 1 rings (SSSR count). The minimum absolute atomic E-state index is 0.469. The van der Waals surface area contributed by atoms with Crippen LogP contribution >= 0.6 is 39.1 Å². The zero-order valence-corrected chi connectivity index (χ0v) is 9.20. The van der Waals surface area contributed by atoms with Gasteiger partial charge < -0.3 is 0 Å². The van der Waals surface area contributed by atoms with E-state index in [9.17, 15) is 0 Å². The van der Waals surface area contributed by atoms with Crippen LogP contribution in [0.2, 0.25) is 10.2 Å². The molecule has 0 saturated carbocycles. The summed E-state index contributed by atoms with van der Waals surface area (Å²) < 4.78 is 0. The van der Waals surface area contributed by atoms with E-state index in [0.717, 1.165) is 10.9 Å². The highest BCUT2D eigenvalue weighted by molar-refractivity contribution is 9.09. The van der Waals surface area contributed by atoms with Crippen LogP contribution in [0.5, 0.6) is 0 Å². The van der Waals surface area contributed by atoms with E-state index >= 15 is 0 Å². The van der Waals surface area contributed by atoms with E-state index in [1.54, 1.807) is 6.07 Å². The number of rotatable bonds is 2. The number of allylic oxidation sites excluding steroid dienone is 1. The first-order valence-electron chi connectivity index (χ1n) is 3.27. The van der Waals surface area contributed by atoms with E-state index in [1.165, 1.54) is 6.20 Å². The molecule has 0 aliphatic carbocycles. The van der Waals surface area contributed by atoms with Crippen molar-refractivity contribution in [3.05, 3.63) is 34.1 Å². The predicted octanol–water partition coefficient (Wildman–Crippen LogP) is 3.80. The van der Waals surface area contributed by atoms with Gasteiger partial charge in [-0.3, -0.25) is 0 Å². The van der Waals surface area contributed by atoms with Crippen LogP contribution in [0.4, 0.5) is 0 Å². The summed E-state index contributed by atoms with van der Waals surface area (Å²) in [6.07, 6.45) is 5.32. The number of alkyl halides is 1. The standard InChI is InChI=1S/C8H6BrCl2N/c9-3-1-2-6-4-7(10)5-12-8(6)11/h1-2,4-5H,3H2. The first kappa shape index (κ1) is 10.0. The summed E-state index contributed by atoms with van der Waals surface area (Å²) in [5.74, 6) is 0. The lowest BCUT2D eigenvalue weighted by Gasteiger charge is -1.96. The molecule has 64 valence electrons. The molecule has 1 aromatic rings. The van der Waals surface area contributed by atoms with Crippen LogP contribution in [-0.2, 0) is 0 Å².